The summed E-state index contributed by atoms with van der Waals surface area (Å²) < 4.78 is 30.1. The zero-order chi connectivity index (χ0) is 23.0. The van der Waals surface area contributed by atoms with E-state index in [1.807, 2.05) is 39.0 Å². The lowest BCUT2D eigenvalue weighted by Gasteiger charge is -2.30. The van der Waals surface area contributed by atoms with E-state index >= 15 is 0 Å². The van der Waals surface area contributed by atoms with E-state index in [-0.39, 0.29) is 34.7 Å². The number of sulfonamides is 1. The fraction of sp³-hybridized carbons (Fsp3) is 0.391. The molecule has 1 aromatic heterocycles. The molecular weight excluding hydrogens is 446 g/mol. The van der Waals surface area contributed by atoms with Gasteiger partial charge in [-0.15, -0.1) is 0 Å². The fourth-order valence-corrected chi connectivity index (χ4v) is 6.68. The van der Waals surface area contributed by atoms with Crippen LogP contribution in [0.4, 0.5) is 5.69 Å². The van der Waals surface area contributed by atoms with E-state index in [2.05, 4.69) is 5.32 Å². The van der Waals surface area contributed by atoms with E-state index in [4.69, 9.17) is 0 Å². The average molecular weight is 474 g/mol. The van der Waals surface area contributed by atoms with Crippen LogP contribution in [0, 0.1) is 19.8 Å². The van der Waals surface area contributed by atoms with Crippen LogP contribution in [-0.4, -0.2) is 36.3 Å². The van der Waals surface area contributed by atoms with Gasteiger partial charge in [0.15, 0.2) is 0 Å². The van der Waals surface area contributed by atoms with E-state index in [1.54, 1.807) is 22.8 Å². The van der Waals surface area contributed by atoms with Crippen molar-refractivity contribution in [2.45, 2.75) is 45.1 Å². The van der Waals surface area contributed by atoms with Crippen molar-refractivity contribution in [1.82, 2.24) is 8.87 Å². The molecule has 1 amide bonds. The molecule has 1 fully saturated rings. The molecule has 2 heterocycles. The number of hydrogen-bond acceptors (Lipinski definition) is 5. The van der Waals surface area contributed by atoms with Crippen LogP contribution in [-0.2, 0) is 21.4 Å². The minimum absolute atomic E-state index is 0.0668. The number of benzene rings is 2. The molecule has 0 atom stereocenters. The molecule has 4 rings (SSSR count). The molecule has 1 saturated heterocycles. The van der Waals surface area contributed by atoms with Gasteiger partial charge in [-0.25, -0.2) is 8.42 Å². The topological polar surface area (TPSA) is 88.5 Å². The van der Waals surface area contributed by atoms with E-state index in [9.17, 15) is 18.0 Å². The Kier molecular flexibility index (Phi) is 6.24. The summed E-state index contributed by atoms with van der Waals surface area (Å²) >= 11 is 1.06. The number of carbonyl (C=O) groups is 1. The van der Waals surface area contributed by atoms with E-state index in [1.165, 1.54) is 4.31 Å². The largest absolute Gasteiger partial charge is 0.326 e. The van der Waals surface area contributed by atoms with Crippen LogP contribution >= 0.6 is 11.3 Å². The highest BCUT2D eigenvalue weighted by Crippen LogP contribution is 2.28. The summed E-state index contributed by atoms with van der Waals surface area (Å²) in [6, 6.07) is 10.8. The van der Waals surface area contributed by atoms with Gasteiger partial charge in [0.05, 0.1) is 15.1 Å². The van der Waals surface area contributed by atoms with Crippen LogP contribution in [0.5, 0.6) is 0 Å². The number of aryl methyl sites for hydroxylation is 3. The van der Waals surface area contributed by atoms with Crippen molar-refractivity contribution in [2.75, 3.05) is 18.4 Å². The van der Waals surface area contributed by atoms with Gasteiger partial charge in [0.1, 0.15) is 0 Å². The number of piperidine rings is 1. The number of nitrogens with one attached hydrogen (secondary N) is 1. The van der Waals surface area contributed by atoms with Crippen molar-refractivity contribution < 1.29 is 13.2 Å². The Morgan fingerprint density at radius 2 is 1.84 bits per heavy atom. The van der Waals surface area contributed by atoms with E-state index in [0.717, 1.165) is 33.7 Å². The molecule has 7 nitrogen and oxygen atoms in total. The Morgan fingerprint density at radius 1 is 1.12 bits per heavy atom. The minimum Gasteiger partial charge on any atom is -0.326 e. The van der Waals surface area contributed by atoms with Crippen molar-refractivity contribution in [2.24, 2.45) is 5.92 Å². The third-order valence-electron chi connectivity index (χ3n) is 6.07. The summed E-state index contributed by atoms with van der Waals surface area (Å²) in [5, 5.41) is 3.00. The maximum atomic E-state index is 13.2. The van der Waals surface area contributed by atoms with Gasteiger partial charge >= 0.3 is 4.87 Å². The highest BCUT2D eigenvalue weighted by Gasteiger charge is 2.32. The van der Waals surface area contributed by atoms with Crippen LogP contribution in [0.15, 0.2) is 46.1 Å². The highest BCUT2D eigenvalue weighted by molar-refractivity contribution is 7.89. The Labute approximate surface area is 191 Å². The number of rotatable bonds is 5. The summed E-state index contributed by atoms with van der Waals surface area (Å²) in [5.74, 6) is -0.296. The van der Waals surface area contributed by atoms with Crippen LogP contribution < -0.4 is 10.2 Å². The van der Waals surface area contributed by atoms with Crippen LogP contribution in [0.2, 0.25) is 0 Å². The van der Waals surface area contributed by atoms with E-state index < -0.39 is 10.0 Å². The van der Waals surface area contributed by atoms with Crippen LogP contribution in [0.1, 0.15) is 30.9 Å². The number of amides is 1. The van der Waals surface area contributed by atoms with Gasteiger partial charge in [0.25, 0.3) is 0 Å². The van der Waals surface area contributed by atoms with Gasteiger partial charge in [0.2, 0.25) is 15.9 Å². The third-order valence-corrected chi connectivity index (χ3v) is 8.91. The summed E-state index contributed by atoms with van der Waals surface area (Å²) in [6.07, 6.45) is 0.940. The first-order valence-electron chi connectivity index (χ1n) is 10.7. The normalized spacial score (nSPS) is 15.8. The Morgan fingerprint density at radius 3 is 2.53 bits per heavy atom. The molecule has 0 bridgehead atoms. The maximum Gasteiger partial charge on any atom is 0.308 e. The summed E-state index contributed by atoms with van der Waals surface area (Å²) in [6.45, 7) is 6.94. The van der Waals surface area contributed by atoms with Gasteiger partial charge in [-0.1, -0.05) is 23.5 Å². The predicted octanol–water partition coefficient (Wildman–Crippen LogP) is 3.74. The van der Waals surface area contributed by atoms with Crippen molar-refractivity contribution >= 4 is 43.2 Å². The number of fused-ring (bicyclic) bond motifs is 1. The quantitative estimate of drug-likeness (QED) is 0.611. The number of nitrogens with zero attached hydrogens (tertiary/aromatic N) is 2. The van der Waals surface area contributed by atoms with Gasteiger partial charge in [-0.3, -0.25) is 14.2 Å². The number of carbonyl (C=O) groups excluding carboxylic acids is 1. The fourth-order valence-electron chi connectivity index (χ4n) is 4.12. The zero-order valence-corrected chi connectivity index (χ0v) is 20.1. The van der Waals surface area contributed by atoms with Crippen LogP contribution in [0.25, 0.3) is 10.2 Å². The molecule has 1 aliphatic heterocycles. The molecule has 170 valence electrons. The Bertz CT molecular complexity index is 1330. The molecule has 1 aliphatic rings. The second-order valence-corrected chi connectivity index (χ2v) is 11.2. The third kappa shape index (κ3) is 4.24. The monoisotopic (exact) mass is 473 g/mol. The molecule has 0 aliphatic carbocycles. The van der Waals surface area contributed by atoms with Crippen molar-refractivity contribution in [3.05, 3.63) is 57.2 Å². The molecular formula is C23H27N3O4S2. The highest BCUT2D eigenvalue weighted by atomic mass is 32.2. The summed E-state index contributed by atoms with van der Waals surface area (Å²) in [7, 11) is -3.69. The molecule has 0 spiro atoms. The molecule has 9 heteroatoms. The zero-order valence-electron chi connectivity index (χ0n) is 18.4. The first-order chi connectivity index (χ1) is 15.2. The molecule has 1 N–H and O–H groups in total. The van der Waals surface area contributed by atoms with E-state index in [0.29, 0.717) is 24.1 Å². The molecule has 32 heavy (non-hydrogen) atoms. The van der Waals surface area contributed by atoms with Crippen molar-refractivity contribution in [1.29, 1.82) is 0 Å². The number of anilines is 1. The van der Waals surface area contributed by atoms with Gasteiger partial charge in [0, 0.05) is 31.2 Å². The molecule has 0 radical (unpaired) electrons. The SMILES string of the molecule is CCn1c(=O)sc2cc(S(=O)(=O)N3CCC(C(=O)Nc4cc(C)ccc4C)CC3)ccc21. The molecule has 3 aromatic rings. The number of thiazole rings is 1. The number of aromatic nitrogens is 1. The minimum atomic E-state index is -3.69. The number of hydrogen-bond donors (Lipinski definition) is 1. The second-order valence-electron chi connectivity index (χ2n) is 8.23. The van der Waals surface area contributed by atoms with Crippen molar-refractivity contribution in [3.8, 4) is 0 Å². The van der Waals surface area contributed by atoms with Gasteiger partial charge in [-0.2, -0.15) is 4.31 Å². The van der Waals surface area contributed by atoms with Gasteiger partial charge in [-0.05, 0) is 69.0 Å². The maximum absolute atomic E-state index is 13.2. The lowest BCUT2D eigenvalue weighted by atomic mass is 9.97. The van der Waals surface area contributed by atoms with Crippen LogP contribution in [0.3, 0.4) is 0 Å². The Hall–Kier alpha value is -2.49. The van der Waals surface area contributed by atoms with Gasteiger partial charge < -0.3 is 5.32 Å². The summed E-state index contributed by atoms with van der Waals surface area (Å²) in [4.78, 5) is 24.9. The average Bonchev–Trinajstić information content (AvgIpc) is 3.10. The predicted molar refractivity (Wildman–Crippen MR) is 128 cm³/mol. The molecule has 0 unspecified atom stereocenters. The molecule has 2 aromatic carbocycles. The standard InChI is InChI=1S/C23H27N3O4S2/c1-4-26-20-8-7-18(14-21(20)31-23(26)28)32(29,30)25-11-9-17(10-12-25)22(27)24-19-13-15(2)5-6-16(19)3/h5-8,13-14,17H,4,9-12H2,1-3H3,(H,24,27). The first-order valence-corrected chi connectivity index (χ1v) is 13.0. The first kappa shape index (κ1) is 22.7. The smallest absolute Gasteiger partial charge is 0.308 e. The summed E-state index contributed by atoms with van der Waals surface area (Å²) in [5.41, 5.74) is 3.63. The second kappa shape index (κ2) is 8.80. The lowest BCUT2D eigenvalue weighted by molar-refractivity contribution is -0.120. The Balaban J connectivity index is 1.46. The lowest BCUT2D eigenvalue weighted by Crippen LogP contribution is -2.41. The van der Waals surface area contributed by atoms with Crippen molar-refractivity contribution in [3.63, 3.8) is 0 Å². The molecule has 0 saturated carbocycles.